The van der Waals surface area contributed by atoms with E-state index in [0.717, 1.165) is 5.56 Å². The molecule has 0 radical (unpaired) electrons. The summed E-state index contributed by atoms with van der Waals surface area (Å²) in [6, 6.07) is 11.2. The molecule has 23 heavy (non-hydrogen) atoms. The predicted molar refractivity (Wildman–Crippen MR) is 87.7 cm³/mol. The molecule has 0 unspecified atom stereocenters. The zero-order valence-corrected chi connectivity index (χ0v) is 12.5. The summed E-state index contributed by atoms with van der Waals surface area (Å²) in [7, 11) is 1.30. The molecule has 0 heterocycles. The average molecular weight is 312 g/mol. The minimum atomic E-state index is -0.554. The molecule has 6 heteroatoms. The van der Waals surface area contributed by atoms with Crippen molar-refractivity contribution in [3.63, 3.8) is 0 Å². The molecule has 2 aromatic rings. The number of nitrogens with two attached hydrogens (primary N) is 2. The molecule has 6 nitrogen and oxygen atoms in total. The first kappa shape index (κ1) is 16.1. The zero-order valence-electron chi connectivity index (χ0n) is 12.5. The molecule has 0 aromatic heterocycles. The number of hydrogen-bond acceptors (Lipinski definition) is 6. The van der Waals surface area contributed by atoms with E-state index >= 15 is 0 Å². The van der Waals surface area contributed by atoms with Crippen LogP contribution in [-0.2, 0) is 9.53 Å². The van der Waals surface area contributed by atoms with Crippen molar-refractivity contribution in [3.05, 3.63) is 59.7 Å². The lowest BCUT2D eigenvalue weighted by molar-refractivity contribution is -0.134. The number of methoxy groups -OCH3 is 1. The first-order chi connectivity index (χ1) is 11.0. The molecule has 2 aromatic carbocycles. The van der Waals surface area contributed by atoms with Crippen LogP contribution in [0.5, 0.6) is 5.75 Å². The summed E-state index contributed by atoms with van der Waals surface area (Å²) in [5.74, 6) is -0.632. The normalized spacial score (nSPS) is 10.5. The van der Waals surface area contributed by atoms with E-state index in [-0.39, 0.29) is 5.56 Å². The maximum Gasteiger partial charge on any atom is 0.343 e. The van der Waals surface area contributed by atoms with Crippen molar-refractivity contribution in [3.8, 4) is 5.75 Å². The van der Waals surface area contributed by atoms with Gasteiger partial charge in [-0.3, -0.25) is 0 Å². The Morgan fingerprint density at radius 1 is 1.00 bits per heavy atom. The predicted octanol–water partition coefficient (Wildman–Crippen LogP) is 2.26. The summed E-state index contributed by atoms with van der Waals surface area (Å²) in [6.07, 6.45) is 2.90. The van der Waals surface area contributed by atoms with E-state index in [0.29, 0.717) is 17.1 Å². The topological polar surface area (TPSA) is 105 Å². The van der Waals surface area contributed by atoms with E-state index in [9.17, 15) is 9.59 Å². The van der Waals surface area contributed by atoms with Gasteiger partial charge in [0.05, 0.1) is 12.7 Å². The summed E-state index contributed by atoms with van der Waals surface area (Å²) < 4.78 is 9.75. The van der Waals surface area contributed by atoms with E-state index < -0.39 is 11.9 Å². The van der Waals surface area contributed by atoms with Gasteiger partial charge >= 0.3 is 11.9 Å². The van der Waals surface area contributed by atoms with Gasteiger partial charge in [-0.2, -0.15) is 0 Å². The minimum Gasteiger partial charge on any atom is -0.466 e. The molecule has 0 aliphatic carbocycles. The number of anilines is 2. The van der Waals surface area contributed by atoms with E-state index in [2.05, 4.69) is 4.74 Å². The smallest absolute Gasteiger partial charge is 0.343 e. The lowest BCUT2D eigenvalue weighted by atomic mass is 10.1. The lowest BCUT2D eigenvalue weighted by Gasteiger charge is -2.06. The summed E-state index contributed by atoms with van der Waals surface area (Å²) in [5.41, 5.74) is 13.1. The number of carbonyl (C=O) groups excluding carboxylic acids is 2. The van der Waals surface area contributed by atoms with Gasteiger partial charge in [-0.15, -0.1) is 0 Å². The Labute approximate surface area is 133 Å². The van der Waals surface area contributed by atoms with Gasteiger partial charge in [0.2, 0.25) is 0 Å². The molecular formula is C17H16N2O4. The largest absolute Gasteiger partial charge is 0.466 e. The van der Waals surface area contributed by atoms with Crippen molar-refractivity contribution in [2.24, 2.45) is 0 Å². The van der Waals surface area contributed by atoms with Gasteiger partial charge in [-0.25, -0.2) is 9.59 Å². The van der Waals surface area contributed by atoms with Crippen LogP contribution >= 0.6 is 0 Å². The number of rotatable bonds is 4. The number of nitrogen functional groups attached to an aromatic ring is 2. The molecule has 0 saturated carbocycles. The van der Waals surface area contributed by atoms with E-state index in [1.165, 1.54) is 25.3 Å². The van der Waals surface area contributed by atoms with Crippen LogP contribution in [0.4, 0.5) is 11.4 Å². The van der Waals surface area contributed by atoms with Crippen LogP contribution in [0.3, 0.4) is 0 Å². The third-order valence-corrected chi connectivity index (χ3v) is 2.92. The van der Waals surface area contributed by atoms with Gasteiger partial charge in [-0.05, 0) is 42.0 Å². The second-order valence-electron chi connectivity index (χ2n) is 4.70. The van der Waals surface area contributed by atoms with Crippen molar-refractivity contribution in [2.75, 3.05) is 18.6 Å². The number of esters is 2. The molecule has 118 valence electrons. The third-order valence-electron chi connectivity index (χ3n) is 2.92. The Hall–Kier alpha value is -3.28. The molecule has 2 rings (SSSR count). The molecule has 0 aliphatic rings. The Morgan fingerprint density at radius 2 is 1.61 bits per heavy atom. The van der Waals surface area contributed by atoms with Gasteiger partial charge in [-0.1, -0.05) is 12.1 Å². The van der Waals surface area contributed by atoms with Crippen molar-refractivity contribution < 1.29 is 19.1 Å². The van der Waals surface area contributed by atoms with Crippen molar-refractivity contribution in [1.82, 2.24) is 0 Å². The quantitative estimate of drug-likeness (QED) is 0.388. The van der Waals surface area contributed by atoms with E-state index in [4.69, 9.17) is 16.2 Å². The molecular weight excluding hydrogens is 296 g/mol. The highest BCUT2D eigenvalue weighted by Crippen LogP contribution is 2.18. The molecule has 0 atom stereocenters. The fraction of sp³-hybridized carbons (Fsp3) is 0.0588. The zero-order chi connectivity index (χ0) is 16.8. The SMILES string of the molecule is COC(=O)/C=C/c1ccc(OC(=O)c2cc(N)cc(N)c2)cc1. The van der Waals surface area contributed by atoms with E-state index in [1.54, 1.807) is 36.4 Å². The molecule has 4 N–H and O–H groups in total. The second kappa shape index (κ2) is 7.13. The van der Waals surface area contributed by atoms with Crippen LogP contribution in [-0.4, -0.2) is 19.0 Å². The van der Waals surface area contributed by atoms with Crippen molar-refractivity contribution in [2.45, 2.75) is 0 Å². The first-order valence-electron chi connectivity index (χ1n) is 6.72. The molecule has 0 saturated heterocycles. The highest BCUT2D eigenvalue weighted by molar-refractivity contribution is 5.93. The Morgan fingerprint density at radius 3 is 2.17 bits per heavy atom. The van der Waals surface area contributed by atoms with Gasteiger partial charge in [0.15, 0.2) is 0 Å². The average Bonchev–Trinajstić information content (AvgIpc) is 2.53. The van der Waals surface area contributed by atoms with Gasteiger partial charge in [0, 0.05) is 17.5 Å². The number of carbonyl (C=O) groups is 2. The molecule has 0 bridgehead atoms. The Bertz CT molecular complexity index is 731. The fourth-order valence-corrected chi connectivity index (χ4v) is 1.84. The Balaban J connectivity index is 2.07. The maximum atomic E-state index is 12.0. The van der Waals surface area contributed by atoms with Crippen LogP contribution < -0.4 is 16.2 Å². The highest BCUT2D eigenvalue weighted by atomic mass is 16.5. The van der Waals surface area contributed by atoms with Gasteiger partial charge in [0.25, 0.3) is 0 Å². The minimum absolute atomic E-state index is 0.275. The number of benzene rings is 2. The van der Waals surface area contributed by atoms with Gasteiger partial charge in [0.1, 0.15) is 5.75 Å². The van der Waals surface area contributed by atoms with Gasteiger partial charge < -0.3 is 20.9 Å². The number of hydrogen-bond donors (Lipinski definition) is 2. The van der Waals surface area contributed by atoms with Crippen LogP contribution in [0.2, 0.25) is 0 Å². The van der Waals surface area contributed by atoms with Crippen LogP contribution in [0.25, 0.3) is 6.08 Å². The van der Waals surface area contributed by atoms with Crippen LogP contribution in [0, 0.1) is 0 Å². The van der Waals surface area contributed by atoms with Crippen LogP contribution in [0.15, 0.2) is 48.5 Å². The standard InChI is InChI=1S/C17H16N2O4/c1-22-16(20)7-4-11-2-5-15(6-3-11)23-17(21)12-8-13(18)10-14(19)9-12/h2-10H,18-19H2,1H3/b7-4+. The molecule has 0 fully saturated rings. The number of ether oxygens (including phenoxy) is 2. The summed E-state index contributed by atoms with van der Waals surface area (Å²) >= 11 is 0. The fourth-order valence-electron chi connectivity index (χ4n) is 1.84. The highest BCUT2D eigenvalue weighted by Gasteiger charge is 2.10. The summed E-state index contributed by atoms with van der Waals surface area (Å²) in [4.78, 5) is 23.1. The van der Waals surface area contributed by atoms with Crippen molar-refractivity contribution in [1.29, 1.82) is 0 Å². The third kappa shape index (κ3) is 4.60. The molecule has 0 aliphatic heterocycles. The molecule has 0 spiro atoms. The summed E-state index contributed by atoms with van der Waals surface area (Å²) in [6.45, 7) is 0. The van der Waals surface area contributed by atoms with Crippen molar-refractivity contribution >= 4 is 29.4 Å². The van der Waals surface area contributed by atoms with Crippen LogP contribution in [0.1, 0.15) is 15.9 Å². The first-order valence-corrected chi connectivity index (χ1v) is 6.72. The van der Waals surface area contributed by atoms with E-state index in [1.807, 2.05) is 0 Å². The Kier molecular flexibility index (Phi) is 4.99. The second-order valence-corrected chi connectivity index (χ2v) is 4.70. The monoisotopic (exact) mass is 312 g/mol. The molecule has 0 amide bonds. The summed E-state index contributed by atoms with van der Waals surface area (Å²) in [5, 5.41) is 0. The lowest BCUT2D eigenvalue weighted by Crippen LogP contribution is -2.09. The maximum absolute atomic E-state index is 12.0.